The highest BCUT2D eigenvalue weighted by Crippen LogP contribution is 2.49. The molecule has 0 aliphatic carbocycles. The van der Waals surface area contributed by atoms with Gasteiger partial charge in [-0.2, -0.15) is 26.6 Å². The average Bonchev–Trinajstić information content (AvgIpc) is 1.72. The summed E-state index contributed by atoms with van der Waals surface area (Å²) in [6.45, 7) is 1.51. The zero-order chi connectivity index (χ0) is 67.8. The second-order valence-electron chi connectivity index (χ2n) is 23.0. The predicted octanol–water partition coefficient (Wildman–Crippen LogP) is 11.6. The van der Waals surface area contributed by atoms with Gasteiger partial charge in [0.25, 0.3) is 0 Å². The van der Waals surface area contributed by atoms with Crippen molar-refractivity contribution >= 4 is 52.2 Å². The molecule has 5 N–H and O–H groups in total. The number of hydrogen-bond donors (Lipinski definition) is 5. The monoisotopic (exact) mass is 1360 g/mol. The normalized spacial score (nSPS) is 17.6. The van der Waals surface area contributed by atoms with E-state index < -0.39 is 88.7 Å². The topological polar surface area (TPSA) is 262 Å². The minimum absolute atomic E-state index is 0.0213. The summed E-state index contributed by atoms with van der Waals surface area (Å²) in [5, 5.41) is 39.8. The Hall–Kier alpha value is -8.40. The molecule has 0 amide bonds. The third kappa shape index (κ3) is 14.9. The molecule has 3 heterocycles. The fraction of sp³-hybridized carbons (Fsp3) is 0.294. The number of rotatable bonds is 29. The number of benzene rings is 7. The number of methoxy groups -OCH3 is 4. The number of aromatic nitrogens is 4. The number of fused-ring (bicyclic) bond motifs is 1. The molecular weight excluding hydrogens is 1290 g/mol. The summed E-state index contributed by atoms with van der Waals surface area (Å²) in [4.78, 5) is 23.6. The van der Waals surface area contributed by atoms with Crippen molar-refractivity contribution in [2.24, 2.45) is 5.41 Å². The maximum absolute atomic E-state index is 14.8. The Morgan fingerprint density at radius 1 is 0.674 bits per heavy atom. The van der Waals surface area contributed by atoms with Crippen molar-refractivity contribution < 1.29 is 78.1 Å². The maximum Gasteiger partial charge on any atom is 0.523 e. The van der Waals surface area contributed by atoms with Crippen LogP contribution in [0.5, 0.6) is 23.0 Å². The van der Waals surface area contributed by atoms with Crippen LogP contribution in [0.25, 0.3) is 5.65 Å². The fourth-order valence-corrected chi connectivity index (χ4v) is 13.9. The quantitative estimate of drug-likeness (QED) is 0.00959. The number of thioether (sulfide) groups is 1. The van der Waals surface area contributed by atoms with E-state index >= 15 is 0 Å². The standard InChI is InChI=1S/C68H71F3N7O14PS2/c1-64(2,44-91-95(83,84)68(69,70)71)62(80)94-40-39-89-93(82,73-41-45-17-11-8-12-18-45)90-43-57-58(79)65(3,81)59(92-57)56-42-72-61-60(75-66(46-19-13-9-14-20-46,48-23-31-52(85-4)32-24-48)49-25-33-53(86-5)34-26-49)74-63(77-78(56)61)76-67(47-21-15-10-16-22-47,50-27-35-54(87-6)36-28-50)51-29-37-55(88-7)38-30-51/h8-38,42,57-59,79,81H,39-41,43-44H2,1-7H3,(H,73,82)(H2,74,75,76,77)/t57-,58-,59+,65-,93?/m1/s1. The van der Waals surface area contributed by atoms with Crippen molar-refractivity contribution in [3.8, 4) is 23.0 Å². The van der Waals surface area contributed by atoms with E-state index in [1.54, 1.807) is 58.8 Å². The van der Waals surface area contributed by atoms with Gasteiger partial charge in [-0.3, -0.25) is 18.0 Å². The second-order valence-corrected chi connectivity index (χ2v) is 27.5. The number of aliphatic hydroxyl groups is 2. The first kappa shape index (κ1) is 69.4. The van der Waals surface area contributed by atoms with E-state index in [2.05, 4.69) is 19.9 Å². The molecule has 1 aliphatic rings. The van der Waals surface area contributed by atoms with Gasteiger partial charge in [0.15, 0.2) is 16.6 Å². The van der Waals surface area contributed by atoms with Gasteiger partial charge >= 0.3 is 23.4 Å². The highest BCUT2D eigenvalue weighted by Gasteiger charge is 2.55. The van der Waals surface area contributed by atoms with Gasteiger partial charge in [-0.05, 0) is 108 Å². The lowest BCUT2D eigenvalue weighted by Gasteiger charge is -2.38. The van der Waals surface area contributed by atoms with E-state index in [0.29, 0.717) is 40.3 Å². The molecular formula is C68H71F3N7O14PS2. The number of imidazole rings is 1. The Morgan fingerprint density at radius 2 is 1.12 bits per heavy atom. The maximum atomic E-state index is 14.8. The van der Waals surface area contributed by atoms with Crippen LogP contribution < -0.4 is 34.7 Å². The number of nitrogens with zero attached hydrogens (tertiary/aromatic N) is 4. The van der Waals surface area contributed by atoms with Gasteiger partial charge in [0.1, 0.15) is 58.0 Å². The first-order valence-electron chi connectivity index (χ1n) is 29.8. The van der Waals surface area contributed by atoms with Crippen LogP contribution in [0.2, 0.25) is 0 Å². The minimum Gasteiger partial charge on any atom is -0.497 e. The molecule has 7 aromatic carbocycles. The third-order valence-electron chi connectivity index (χ3n) is 16.3. The minimum atomic E-state index is -5.98. The predicted molar refractivity (Wildman–Crippen MR) is 352 cm³/mol. The molecule has 95 heavy (non-hydrogen) atoms. The molecule has 0 spiro atoms. The van der Waals surface area contributed by atoms with Crippen LogP contribution in [0.15, 0.2) is 194 Å². The van der Waals surface area contributed by atoms with Crippen molar-refractivity contribution in [1.29, 1.82) is 0 Å². The van der Waals surface area contributed by atoms with Gasteiger partial charge in [0, 0.05) is 12.3 Å². The van der Waals surface area contributed by atoms with Gasteiger partial charge in [-0.25, -0.2) is 19.2 Å². The largest absolute Gasteiger partial charge is 0.523 e. The summed E-state index contributed by atoms with van der Waals surface area (Å²) in [6, 6.07) is 58.7. The number of aliphatic hydroxyl groups excluding tert-OH is 1. The lowest BCUT2D eigenvalue weighted by Crippen LogP contribution is -2.43. The van der Waals surface area contributed by atoms with Crippen LogP contribution >= 0.6 is 19.5 Å². The van der Waals surface area contributed by atoms with Crippen LogP contribution in [0.4, 0.5) is 24.9 Å². The molecule has 0 saturated carbocycles. The number of alkyl halides is 3. The number of carbonyl (C=O) groups is 1. The highest BCUT2D eigenvalue weighted by molar-refractivity contribution is 8.13. The smallest absolute Gasteiger partial charge is 0.497 e. The zero-order valence-corrected chi connectivity index (χ0v) is 55.3. The third-order valence-corrected chi connectivity index (χ3v) is 20.0. The van der Waals surface area contributed by atoms with Gasteiger partial charge in [0.05, 0.1) is 65.6 Å². The van der Waals surface area contributed by atoms with Crippen LogP contribution in [-0.2, 0) is 55.1 Å². The van der Waals surface area contributed by atoms with Crippen LogP contribution in [0, 0.1) is 5.41 Å². The average molecular weight is 1360 g/mol. The molecule has 0 bridgehead atoms. The van der Waals surface area contributed by atoms with Crippen molar-refractivity contribution in [2.45, 2.75) is 67.8 Å². The summed E-state index contributed by atoms with van der Waals surface area (Å²) in [5.41, 5.74) is -6.72. The lowest BCUT2D eigenvalue weighted by atomic mass is 9.77. The summed E-state index contributed by atoms with van der Waals surface area (Å²) in [7, 11) is -4.10. The first-order chi connectivity index (χ1) is 45.4. The number of anilines is 2. The van der Waals surface area contributed by atoms with Crippen molar-refractivity contribution in [3.63, 3.8) is 0 Å². The van der Waals surface area contributed by atoms with Gasteiger partial charge in [-0.15, -0.1) is 5.10 Å². The van der Waals surface area contributed by atoms with Crippen molar-refractivity contribution in [3.05, 3.63) is 239 Å². The van der Waals surface area contributed by atoms with E-state index in [1.807, 2.05) is 158 Å². The Labute approximate surface area is 552 Å². The van der Waals surface area contributed by atoms with Gasteiger partial charge < -0.3 is 44.5 Å². The molecule has 27 heteroatoms. The van der Waals surface area contributed by atoms with E-state index in [-0.39, 0.29) is 35.4 Å². The molecule has 500 valence electrons. The highest BCUT2D eigenvalue weighted by atomic mass is 32.2. The van der Waals surface area contributed by atoms with Gasteiger partial charge in [0.2, 0.25) is 5.95 Å². The second kappa shape index (κ2) is 28.9. The van der Waals surface area contributed by atoms with Gasteiger partial charge in [-0.1, -0.05) is 151 Å². The molecule has 5 atom stereocenters. The molecule has 2 aromatic heterocycles. The SMILES string of the molecule is COc1ccc(C(Nc2nc(NC(c3ccccc3)(c3ccc(OC)cc3)c3ccc(OC)cc3)c3ncc([C@@H]4O[C@H](COP(=O)(NCc5ccccc5)OCCSC(=O)C(C)(C)COS(=O)(=O)C(F)(F)F)[C@@H](O)[C@@]4(C)O)n3n2)(c2ccccc2)c2ccc(OC)cc2)cc1. The van der Waals surface area contributed by atoms with Crippen LogP contribution in [-0.4, -0.2) is 121 Å². The Balaban J connectivity index is 1.07. The molecule has 1 unspecified atom stereocenters. The van der Waals surface area contributed by atoms with Crippen molar-refractivity contribution in [1.82, 2.24) is 24.7 Å². The Morgan fingerprint density at radius 3 is 1.57 bits per heavy atom. The zero-order valence-electron chi connectivity index (χ0n) is 52.7. The number of halogens is 3. The van der Waals surface area contributed by atoms with E-state index in [9.17, 15) is 41.2 Å². The van der Waals surface area contributed by atoms with E-state index in [1.165, 1.54) is 31.5 Å². The molecule has 0 radical (unpaired) electrons. The summed E-state index contributed by atoms with van der Waals surface area (Å²) in [5.74, 6) is 2.39. The van der Waals surface area contributed by atoms with Crippen LogP contribution in [0.1, 0.15) is 71.5 Å². The van der Waals surface area contributed by atoms with Crippen LogP contribution in [0.3, 0.4) is 0 Å². The summed E-state index contributed by atoms with van der Waals surface area (Å²) >= 11 is 0.577. The molecule has 10 rings (SSSR count). The number of nitrogens with one attached hydrogen (secondary N) is 3. The fourth-order valence-electron chi connectivity index (χ4n) is 11.1. The Kier molecular flexibility index (Phi) is 21.1. The molecule has 1 aliphatic heterocycles. The van der Waals surface area contributed by atoms with Crippen molar-refractivity contribution in [2.75, 3.05) is 64.6 Å². The lowest BCUT2D eigenvalue weighted by molar-refractivity contribution is -0.119. The summed E-state index contributed by atoms with van der Waals surface area (Å²) in [6.07, 6.45) is -3.18. The number of hydrogen-bond acceptors (Lipinski definition) is 20. The molecule has 1 fully saturated rings. The Bertz CT molecular complexity index is 4130. The summed E-state index contributed by atoms with van der Waals surface area (Å²) < 4.78 is 124. The molecule has 21 nitrogen and oxygen atoms in total. The van der Waals surface area contributed by atoms with E-state index in [0.717, 1.165) is 33.4 Å². The first-order valence-corrected chi connectivity index (χ1v) is 33.7. The molecule has 9 aromatic rings. The number of carbonyl (C=O) groups excluding carboxylic acids is 1. The van der Waals surface area contributed by atoms with E-state index in [4.69, 9.17) is 47.8 Å². The molecule has 1 saturated heterocycles. The number of ether oxygens (including phenoxy) is 5.